The van der Waals surface area contributed by atoms with E-state index in [1.807, 2.05) is 32.9 Å². The molecule has 0 unspecified atom stereocenters. The lowest BCUT2D eigenvalue weighted by Crippen LogP contribution is -2.38. The van der Waals surface area contributed by atoms with E-state index in [9.17, 15) is 8.42 Å². The number of hydrogen-bond acceptors (Lipinski definition) is 3. The summed E-state index contributed by atoms with van der Waals surface area (Å²) in [5.41, 5.74) is 8.02. The molecular formula is C12H21ClN2O2S. The predicted octanol–water partition coefficient (Wildman–Crippen LogP) is 1.66. The molecule has 4 nitrogen and oxygen atoms in total. The topological polar surface area (TPSA) is 72.2 Å². The molecule has 18 heavy (non-hydrogen) atoms. The summed E-state index contributed by atoms with van der Waals surface area (Å²) < 4.78 is 26.9. The van der Waals surface area contributed by atoms with Crippen molar-refractivity contribution in [2.45, 2.75) is 38.6 Å². The molecule has 0 fully saturated rings. The molecule has 0 heterocycles. The van der Waals surface area contributed by atoms with E-state index in [1.165, 1.54) is 0 Å². The number of nitrogens with two attached hydrogens (primary N) is 1. The Morgan fingerprint density at radius 3 is 2.06 bits per heavy atom. The van der Waals surface area contributed by atoms with E-state index >= 15 is 0 Å². The molecule has 6 heteroatoms. The van der Waals surface area contributed by atoms with Crippen LogP contribution in [0.4, 0.5) is 0 Å². The van der Waals surface area contributed by atoms with Crippen molar-refractivity contribution < 1.29 is 8.42 Å². The fraction of sp³-hybridized carbons (Fsp3) is 0.500. The van der Waals surface area contributed by atoms with Crippen molar-refractivity contribution in [3.8, 4) is 0 Å². The number of sulfonamides is 1. The second kappa shape index (κ2) is 6.52. The molecule has 0 saturated carbocycles. The Bertz CT molecular complexity index is 492. The van der Waals surface area contributed by atoms with Gasteiger partial charge < -0.3 is 5.73 Å². The highest BCUT2D eigenvalue weighted by molar-refractivity contribution is 7.89. The van der Waals surface area contributed by atoms with Gasteiger partial charge in [-0.1, -0.05) is 17.7 Å². The van der Waals surface area contributed by atoms with Gasteiger partial charge in [0.05, 0.1) is 4.90 Å². The summed E-state index contributed by atoms with van der Waals surface area (Å²) in [6, 6.07) is 3.48. The van der Waals surface area contributed by atoms with Crippen molar-refractivity contribution in [3.05, 3.63) is 28.8 Å². The maximum absolute atomic E-state index is 12.2. The maximum atomic E-state index is 12.2. The van der Waals surface area contributed by atoms with Crippen LogP contribution in [0.2, 0.25) is 0 Å². The first kappa shape index (κ1) is 17.4. The minimum Gasteiger partial charge on any atom is -0.329 e. The summed E-state index contributed by atoms with van der Waals surface area (Å²) in [6.45, 7) is 7.59. The summed E-state index contributed by atoms with van der Waals surface area (Å²) in [7, 11) is -3.48. The molecule has 0 aliphatic heterocycles. The van der Waals surface area contributed by atoms with E-state index in [0.717, 1.165) is 16.7 Å². The van der Waals surface area contributed by atoms with E-state index in [4.69, 9.17) is 5.73 Å². The molecule has 0 aliphatic carbocycles. The standard InChI is InChI=1S/C12H20N2O2S.ClH/c1-8-5-9(2)12(10(3)6-8)17(15,16)14-11(4)7-13;/h5-6,11,14H,7,13H2,1-4H3;1H/t11-;/m1./s1. The highest BCUT2D eigenvalue weighted by Gasteiger charge is 2.21. The van der Waals surface area contributed by atoms with Crippen LogP contribution >= 0.6 is 12.4 Å². The summed E-state index contributed by atoms with van der Waals surface area (Å²) in [6.07, 6.45) is 0. The lowest BCUT2D eigenvalue weighted by atomic mass is 10.1. The van der Waals surface area contributed by atoms with Gasteiger partial charge in [0, 0.05) is 12.6 Å². The van der Waals surface area contributed by atoms with Crippen molar-refractivity contribution in [2.24, 2.45) is 5.73 Å². The Morgan fingerprint density at radius 1 is 1.22 bits per heavy atom. The van der Waals surface area contributed by atoms with Gasteiger partial charge in [0.25, 0.3) is 0 Å². The second-order valence-corrected chi connectivity index (χ2v) is 6.14. The van der Waals surface area contributed by atoms with Crippen LogP contribution < -0.4 is 10.5 Å². The van der Waals surface area contributed by atoms with Gasteiger partial charge in [0.2, 0.25) is 10.0 Å². The molecular weight excluding hydrogens is 272 g/mol. The Labute approximate surface area is 115 Å². The predicted molar refractivity (Wildman–Crippen MR) is 76.7 cm³/mol. The van der Waals surface area contributed by atoms with Crippen LogP contribution in [0.3, 0.4) is 0 Å². The molecule has 0 spiro atoms. The molecule has 104 valence electrons. The van der Waals surface area contributed by atoms with Gasteiger partial charge in [0.15, 0.2) is 0 Å². The molecule has 3 N–H and O–H groups in total. The highest BCUT2D eigenvalue weighted by Crippen LogP contribution is 2.21. The van der Waals surface area contributed by atoms with E-state index in [1.54, 1.807) is 6.92 Å². The zero-order valence-electron chi connectivity index (χ0n) is 11.1. The van der Waals surface area contributed by atoms with Crippen molar-refractivity contribution in [3.63, 3.8) is 0 Å². The van der Waals surface area contributed by atoms with Crippen molar-refractivity contribution in [1.82, 2.24) is 4.72 Å². The number of hydrogen-bond donors (Lipinski definition) is 2. The van der Waals surface area contributed by atoms with E-state index in [2.05, 4.69) is 4.72 Å². The van der Waals surface area contributed by atoms with Crippen LogP contribution in [-0.4, -0.2) is 21.0 Å². The van der Waals surface area contributed by atoms with Crippen LogP contribution in [0.1, 0.15) is 23.6 Å². The summed E-state index contributed by atoms with van der Waals surface area (Å²) >= 11 is 0. The van der Waals surface area contributed by atoms with Crippen LogP contribution in [0.15, 0.2) is 17.0 Å². The SMILES string of the molecule is Cc1cc(C)c(S(=O)(=O)N[C@H](C)CN)c(C)c1.Cl. The van der Waals surface area contributed by atoms with Gasteiger partial charge >= 0.3 is 0 Å². The van der Waals surface area contributed by atoms with E-state index in [-0.39, 0.29) is 25.0 Å². The monoisotopic (exact) mass is 292 g/mol. The van der Waals surface area contributed by atoms with Crippen LogP contribution in [0, 0.1) is 20.8 Å². The largest absolute Gasteiger partial charge is 0.329 e. The molecule has 0 aromatic heterocycles. The molecule has 1 rings (SSSR count). The first-order valence-electron chi connectivity index (χ1n) is 5.58. The molecule has 0 bridgehead atoms. The average molecular weight is 293 g/mol. The number of aryl methyl sites for hydroxylation is 3. The molecule has 1 aromatic carbocycles. The zero-order valence-corrected chi connectivity index (χ0v) is 12.8. The Hall–Kier alpha value is -0.620. The summed E-state index contributed by atoms with van der Waals surface area (Å²) in [5.74, 6) is 0. The van der Waals surface area contributed by atoms with Crippen LogP contribution in [0.25, 0.3) is 0 Å². The van der Waals surface area contributed by atoms with Gasteiger partial charge in [-0.25, -0.2) is 13.1 Å². The Balaban J connectivity index is 0.00000289. The molecule has 1 atom stereocenters. The average Bonchev–Trinajstić information content (AvgIpc) is 2.14. The normalized spacial score (nSPS) is 12.9. The van der Waals surface area contributed by atoms with Crippen LogP contribution in [0.5, 0.6) is 0 Å². The third-order valence-electron chi connectivity index (χ3n) is 2.58. The quantitative estimate of drug-likeness (QED) is 0.886. The van der Waals surface area contributed by atoms with Gasteiger partial charge in [-0.15, -0.1) is 12.4 Å². The minimum atomic E-state index is -3.48. The fourth-order valence-corrected chi connectivity index (χ4v) is 3.67. The van der Waals surface area contributed by atoms with E-state index < -0.39 is 10.0 Å². The van der Waals surface area contributed by atoms with Crippen molar-refractivity contribution >= 4 is 22.4 Å². The number of halogens is 1. The second-order valence-electron chi connectivity index (χ2n) is 4.49. The van der Waals surface area contributed by atoms with Crippen LogP contribution in [-0.2, 0) is 10.0 Å². The van der Waals surface area contributed by atoms with E-state index in [0.29, 0.717) is 4.90 Å². The van der Waals surface area contributed by atoms with Gasteiger partial charge in [0.1, 0.15) is 0 Å². The van der Waals surface area contributed by atoms with Gasteiger partial charge in [-0.2, -0.15) is 0 Å². The zero-order chi connectivity index (χ0) is 13.2. The maximum Gasteiger partial charge on any atom is 0.241 e. The summed E-state index contributed by atoms with van der Waals surface area (Å²) in [4.78, 5) is 0.364. The lowest BCUT2D eigenvalue weighted by molar-refractivity contribution is 0.561. The molecule has 0 saturated heterocycles. The molecule has 0 amide bonds. The van der Waals surface area contributed by atoms with Gasteiger partial charge in [-0.05, 0) is 38.8 Å². The highest BCUT2D eigenvalue weighted by atomic mass is 35.5. The lowest BCUT2D eigenvalue weighted by Gasteiger charge is -2.16. The Kier molecular flexibility index (Phi) is 6.29. The third kappa shape index (κ3) is 3.95. The minimum absolute atomic E-state index is 0. The number of benzene rings is 1. The Morgan fingerprint density at radius 2 is 1.67 bits per heavy atom. The molecule has 1 aromatic rings. The van der Waals surface area contributed by atoms with Crippen molar-refractivity contribution in [2.75, 3.05) is 6.54 Å². The molecule has 0 aliphatic rings. The third-order valence-corrected chi connectivity index (χ3v) is 4.48. The first-order valence-corrected chi connectivity index (χ1v) is 7.06. The summed E-state index contributed by atoms with van der Waals surface area (Å²) in [5, 5.41) is 0. The number of nitrogens with one attached hydrogen (secondary N) is 1. The molecule has 0 radical (unpaired) electrons. The van der Waals surface area contributed by atoms with Crippen molar-refractivity contribution in [1.29, 1.82) is 0 Å². The first-order chi connectivity index (χ1) is 7.77. The smallest absolute Gasteiger partial charge is 0.241 e. The number of rotatable bonds is 4. The van der Waals surface area contributed by atoms with Gasteiger partial charge in [-0.3, -0.25) is 0 Å². The fourth-order valence-electron chi connectivity index (χ4n) is 1.96.